The third-order valence-electron chi connectivity index (χ3n) is 6.33. The number of hydrogen-bond acceptors (Lipinski definition) is 6. The Morgan fingerprint density at radius 2 is 2.15 bits per heavy atom. The summed E-state index contributed by atoms with van der Waals surface area (Å²) in [5, 5.41) is 7.02. The zero-order chi connectivity index (χ0) is 24.0. The Labute approximate surface area is 202 Å². The van der Waals surface area contributed by atoms with Gasteiger partial charge in [-0.3, -0.25) is 9.36 Å². The van der Waals surface area contributed by atoms with Crippen LogP contribution in [0.25, 0.3) is 10.2 Å². The molecule has 34 heavy (non-hydrogen) atoms. The van der Waals surface area contributed by atoms with Crippen molar-refractivity contribution in [1.82, 2.24) is 19.9 Å². The van der Waals surface area contributed by atoms with Crippen molar-refractivity contribution < 1.29 is 13.2 Å². The maximum atomic E-state index is 13.4. The minimum atomic E-state index is -4.34. The van der Waals surface area contributed by atoms with E-state index in [9.17, 15) is 18.0 Å². The van der Waals surface area contributed by atoms with Gasteiger partial charge in [0.2, 0.25) is 0 Å². The highest BCUT2D eigenvalue weighted by atomic mass is 32.1. The summed E-state index contributed by atoms with van der Waals surface area (Å²) in [7, 11) is 0. The molecule has 2 atom stereocenters. The summed E-state index contributed by atoms with van der Waals surface area (Å²) >= 11 is 3.10. The Bertz CT molecular complexity index is 1410. The molecule has 0 spiro atoms. The van der Waals surface area contributed by atoms with Gasteiger partial charge in [-0.25, -0.2) is 9.97 Å². The van der Waals surface area contributed by atoms with Crippen LogP contribution in [0.4, 0.5) is 13.2 Å². The van der Waals surface area contributed by atoms with Gasteiger partial charge in [-0.05, 0) is 50.3 Å². The van der Waals surface area contributed by atoms with Crippen molar-refractivity contribution in [3.8, 4) is 0 Å². The fourth-order valence-electron chi connectivity index (χ4n) is 4.46. The van der Waals surface area contributed by atoms with Crippen LogP contribution in [0.1, 0.15) is 51.7 Å². The van der Waals surface area contributed by atoms with Crippen LogP contribution in [-0.2, 0) is 25.6 Å². The minimum Gasteiger partial charge on any atom is -0.310 e. The molecule has 2 unspecified atom stereocenters. The van der Waals surface area contributed by atoms with Crippen LogP contribution in [0.2, 0.25) is 0 Å². The Balaban J connectivity index is 1.35. The lowest BCUT2D eigenvalue weighted by Crippen LogP contribution is -2.34. The second-order valence-electron chi connectivity index (χ2n) is 8.63. The van der Waals surface area contributed by atoms with E-state index in [0.717, 1.165) is 51.3 Å². The van der Waals surface area contributed by atoms with E-state index in [-0.39, 0.29) is 17.6 Å². The van der Waals surface area contributed by atoms with E-state index >= 15 is 0 Å². The normalized spacial score (nSPS) is 17.1. The number of benzene rings is 1. The van der Waals surface area contributed by atoms with Gasteiger partial charge < -0.3 is 5.32 Å². The predicted octanol–water partition coefficient (Wildman–Crippen LogP) is 5.50. The molecule has 0 amide bonds. The number of nitrogens with one attached hydrogen (secondary N) is 1. The summed E-state index contributed by atoms with van der Waals surface area (Å²) < 4.78 is 40.6. The predicted molar refractivity (Wildman–Crippen MR) is 129 cm³/mol. The van der Waals surface area contributed by atoms with Gasteiger partial charge in [-0.15, -0.1) is 22.7 Å². The van der Waals surface area contributed by atoms with E-state index in [1.165, 1.54) is 23.5 Å². The van der Waals surface area contributed by atoms with E-state index < -0.39 is 11.7 Å². The molecule has 1 aromatic carbocycles. The second-order valence-corrected chi connectivity index (χ2v) is 10.8. The molecule has 178 valence electrons. The van der Waals surface area contributed by atoms with Crippen LogP contribution in [-0.4, -0.2) is 20.6 Å². The van der Waals surface area contributed by atoms with Crippen LogP contribution in [0.3, 0.4) is 0 Å². The van der Waals surface area contributed by atoms with E-state index in [0.29, 0.717) is 17.5 Å². The zero-order valence-electron chi connectivity index (χ0n) is 18.6. The summed E-state index contributed by atoms with van der Waals surface area (Å²) in [4.78, 5) is 24.4. The monoisotopic (exact) mass is 504 g/mol. The maximum Gasteiger partial charge on any atom is 0.416 e. The molecule has 0 saturated heterocycles. The van der Waals surface area contributed by atoms with Gasteiger partial charge in [0.05, 0.1) is 34.0 Å². The van der Waals surface area contributed by atoms with Crippen LogP contribution < -0.4 is 10.9 Å². The molecule has 0 saturated carbocycles. The Kier molecular flexibility index (Phi) is 6.07. The van der Waals surface area contributed by atoms with Crippen LogP contribution in [0.15, 0.2) is 40.8 Å². The number of halogens is 3. The number of aromatic nitrogens is 3. The molecular formula is C24H23F3N4OS2. The molecule has 1 aliphatic carbocycles. The van der Waals surface area contributed by atoms with Crippen LogP contribution in [0, 0.1) is 6.92 Å². The molecule has 5 nitrogen and oxygen atoms in total. The van der Waals surface area contributed by atoms with Gasteiger partial charge in [-0.2, -0.15) is 13.2 Å². The van der Waals surface area contributed by atoms with Crippen molar-refractivity contribution >= 4 is 32.9 Å². The number of thiazole rings is 1. The first kappa shape index (κ1) is 23.2. The smallest absolute Gasteiger partial charge is 0.310 e. The largest absolute Gasteiger partial charge is 0.416 e. The summed E-state index contributed by atoms with van der Waals surface area (Å²) in [6, 6.07) is 5.36. The Morgan fingerprint density at radius 1 is 1.32 bits per heavy atom. The van der Waals surface area contributed by atoms with E-state index in [1.807, 2.05) is 19.2 Å². The third-order valence-corrected chi connectivity index (χ3v) is 8.28. The van der Waals surface area contributed by atoms with E-state index in [4.69, 9.17) is 0 Å². The highest BCUT2D eigenvalue weighted by molar-refractivity contribution is 7.18. The highest BCUT2D eigenvalue weighted by Crippen LogP contribution is 2.34. The molecule has 0 radical (unpaired) electrons. The first-order valence-corrected chi connectivity index (χ1v) is 12.7. The van der Waals surface area contributed by atoms with Crippen molar-refractivity contribution in [2.45, 2.75) is 57.9 Å². The average Bonchev–Trinajstić information content (AvgIpc) is 3.40. The Hall–Kier alpha value is -2.56. The van der Waals surface area contributed by atoms with Gasteiger partial charge in [0.15, 0.2) is 0 Å². The number of alkyl halides is 3. The van der Waals surface area contributed by atoms with Gasteiger partial charge >= 0.3 is 6.18 Å². The lowest BCUT2D eigenvalue weighted by atomic mass is 9.93. The summed E-state index contributed by atoms with van der Waals surface area (Å²) in [6.07, 6.45) is -0.457. The van der Waals surface area contributed by atoms with Gasteiger partial charge in [0.25, 0.3) is 5.56 Å². The summed E-state index contributed by atoms with van der Waals surface area (Å²) in [5.74, 6) is 0. The molecule has 5 rings (SSSR count). The lowest BCUT2D eigenvalue weighted by Gasteiger charge is -2.23. The summed E-state index contributed by atoms with van der Waals surface area (Å²) in [6.45, 7) is 4.26. The average molecular weight is 505 g/mol. The number of rotatable bonds is 5. The quantitative estimate of drug-likeness (QED) is 0.390. The molecule has 10 heteroatoms. The fourth-order valence-corrected chi connectivity index (χ4v) is 6.42. The topological polar surface area (TPSA) is 59.8 Å². The van der Waals surface area contributed by atoms with Gasteiger partial charge in [0.1, 0.15) is 4.83 Å². The molecule has 3 aromatic heterocycles. The molecule has 0 bridgehead atoms. The highest BCUT2D eigenvalue weighted by Gasteiger charge is 2.30. The first-order chi connectivity index (χ1) is 16.2. The Morgan fingerprint density at radius 3 is 2.88 bits per heavy atom. The molecular weight excluding hydrogens is 481 g/mol. The maximum absolute atomic E-state index is 13.4. The third kappa shape index (κ3) is 4.42. The number of hydrogen-bond donors (Lipinski definition) is 1. The van der Waals surface area contributed by atoms with Crippen molar-refractivity contribution in [1.29, 1.82) is 0 Å². The lowest BCUT2D eigenvalue weighted by molar-refractivity contribution is -0.137. The van der Waals surface area contributed by atoms with Crippen molar-refractivity contribution in [2.75, 3.05) is 0 Å². The van der Waals surface area contributed by atoms with Crippen LogP contribution in [0.5, 0.6) is 0 Å². The number of aryl methyl sites for hydroxylation is 2. The zero-order valence-corrected chi connectivity index (χ0v) is 20.3. The molecule has 4 aromatic rings. The standard InChI is InChI=1S/C24H23F3N4OS2/c1-13(19-11-33-14(2)30-19)31-12-29-22-21(23(31)32)18-7-6-17(9-20(18)34-22)28-10-15-4-3-5-16(8-15)24(25,26)27/h3-5,8,11-13,17,28H,6-7,9-10H2,1-2H3. The van der Waals surface area contributed by atoms with Crippen molar-refractivity contribution in [3.63, 3.8) is 0 Å². The molecule has 3 heterocycles. The molecule has 1 aliphatic rings. The van der Waals surface area contributed by atoms with E-state index in [2.05, 4.69) is 15.3 Å². The first-order valence-electron chi connectivity index (χ1n) is 11.0. The molecule has 1 N–H and O–H groups in total. The molecule has 0 fully saturated rings. The molecule has 0 aliphatic heterocycles. The number of nitrogens with zero attached hydrogens (tertiary/aromatic N) is 3. The van der Waals surface area contributed by atoms with Crippen molar-refractivity contribution in [2.24, 2.45) is 0 Å². The van der Waals surface area contributed by atoms with Crippen LogP contribution >= 0.6 is 22.7 Å². The fraction of sp³-hybridized carbons (Fsp3) is 0.375. The summed E-state index contributed by atoms with van der Waals surface area (Å²) in [5.41, 5.74) is 1.84. The van der Waals surface area contributed by atoms with Gasteiger partial charge in [-0.1, -0.05) is 18.2 Å². The number of fused-ring (bicyclic) bond motifs is 3. The SMILES string of the molecule is Cc1nc(C(C)n2cnc3sc4c(c3c2=O)CCC(NCc2cccc(C(F)(F)F)c2)C4)cs1. The second kappa shape index (κ2) is 8.90. The van der Waals surface area contributed by atoms with Gasteiger partial charge in [0, 0.05) is 22.8 Å². The minimum absolute atomic E-state index is 0.0453. The number of thiophene rings is 1. The van der Waals surface area contributed by atoms with Crippen molar-refractivity contribution in [3.05, 3.63) is 78.6 Å². The van der Waals surface area contributed by atoms with E-state index in [1.54, 1.807) is 28.3 Å².